The SMILES string of the molecule is Cc1cc2c(NCc3ccnc(C)n3)nccn2n1. The zero-order valence-electron chi connectivity index (χ0n) is 10.8. The second kappa shape index (κ2) is 4.64. The molecule has 0 atom stereocenters. The Morgan fingerprint density at radius 3 is 2.95 bits per heavy atom. The van der Waals surface area contributed by atoms with E-state index in [2.05, 4.69) is 25.4 Å². The van der Waals surface area contributed by atoms with E-state index in [1.807, 2.05) is 36.7 Å². The molecule has 3 heterocycles. The molecule has 19 heavy (non-hydrogen) atoms. The van der Waals surface area contributed by atoms with Crippen molar-refractivity contribution in [3.8, 4) is 0 Å². The first-order chi connectivity index (χ1) is 9.22. The number of fused-ring (bicyclic) bond motifs is 1. The Morgan fingerprint density at radius 2 is 2.11 bits per heavy atom. The minimum Gasteiger partial charge on any atom is -0.363 e. The average molecular weight is 254 g/mol. The van der Waals surface area contributed by atoms with Crippen molar-refractivity contribution in [3.63, 3.8) is 0 Å². The molecule has 1 N–H and O–H groups in total. The van der Waals surface area contributed by atoms with Crippen molar-refractivity contribution in [2.45, 2.75) is 20.4 Å². The molecule has 0 aliphatic rings. The van der Waals surface area contributed by atoms with E-state index in [9.17, 15) is 0 Å². The van der Waals surface area contributed by atoms with E-state index in [0.717, 1.165) is 28.5 Å². The van der Waals surface area contributed by atoms with Crippen molar-refractivity contribution in [3.05, 3.63) is 47.9 Å². The molecule has 6 heteroatoms. The lowest BCUT2D eigenvalue weighted by Crippen LogP contribution is -2.05. The molecule has 0 aliphatic carbocycles. The van der Waals surface area contributed by atoms with Crippen molar-refractivity contribution in [2.24, 2.45) is 0 Å². The minimum atomic E-state index is 0.611. The quantitative estimate of drug-likeness (QED) is 0.771. The number of aryl methyl sites for hydroxylation is 2. The third-order valence-corrected chi connectivity index (χ3v) is 2.78. The Balaban J connectivity index is 1.85. The monoisotopic (exact) mass is 254 g/mol. The van der Waals surface area contributed by atoms with E-state index in [0.29, 0.717) is 6.54 Å². The lowest BCUT2D eigenvalue weighted by Gasteiger charge is -2.06. The third-order valence-electron chi connectivity index (χ3n) is 2.78. The van der Waals surface area contributed by atoms with Crippen LogP contribution in [-0.2, 0) is 6.54 Å². The van der Waals surface area contributed by atoms with Crippen LogP contribution in [0.5, 0.6) is 0 Å². The molecule has 0 amide bonds. The molecule has 3 aromatic rings. The molecular formula is C13H14N6. The van der Waals surface area contributed by atoms with E-state index in [1.165, 1.54) is 0 Å². The minimum absolute atomic E-state index is 0.611. The van der Waals surface area contributed by atoms with E-state index < -0.39 is 0 Å². The maximum Gasteiger partial charge on any atom is 0.152 e. The largest absolute Gasteiger partial charge is 0.363 e. The smallest absolute Gasteiger partial charge is 0.152 e. The average Bonchev–Trinajstić information content (AvgIpc) is 2.77. The molecule has 0 saturated carbocycles. The molecule has 0 fully saturated rings. The fourth-order valence-electron chi connectivity index (χ4n) is 1.96. The number of hydrogen-bond donors (Lipinski definition) is 1. The summed E-state index contributed by atoms with van der Waals surface area (Å²) < 4.78 is 1.82. The third kappa shape index (κ3) is 2.37. The highest BCUT2D eigenvalue weighted by atomic mass is 15.2. The predicted octanol–water partition coefficient (Wildman–Crippen LogP) is 1.75. The molecule has 96 valence electrons. The van der Waals surface area contributed by atoms with Gasteiger partial charge in [0.1, 0.15) is 11.3 Å². The summed E-state index contributed by atoms with van der Waals surface area (Å²) in [6, 6.07) is 3.89. The summed E-state index contributed by atoms with van der Waals surface area (Å²) in [7, 11) is 0. The van der Waals surface area contributed by atoms with Gasteiger partial charge in [0.25, 0.3) is 0 Å². The van der Waals surface area contributed by atoms with Gasteiger partial charge in [-0.15, -0.1) is 0 Å². The van der Waals surface area contributed by atoms with Crippen LogP contribution in [0.25, 0.3) is 5.52 Å². The molecule has 0 bridgehead atoms. The van der Waals surface area contributed by atoms with Gasteiger partial charge < -0.3 is 5.32 Å². The maximum absolute atomic E-state index is 4.35. The highest BCUT2D eigenvalue weighted by Gasteiger charge is 2.05. The van der Waals surface area contributed by atoms with Gasteiger partial charge in [-0.2, -0.15) is 5.10 Å². The van der Waals surface area contributed by atoms with Crippen molar-refractivity contribution >= 4 is 11.3 Å². The van der Waals surface area contributed by atoms with Gasteiger partial charge in [0, 0.05) is 18.6 Å². The van der Waals surface area contributed by atoms with Gasteiger partial charge in [0.2, 0.25) is 0 Å². The van der Waals surface area contributed by atoms with E-state index in [-0.39, 0.29) is 0 Å². The molecule has 0 saturated heterocycles. The summed E-state index contributed by atoms with van der Waals surface area (Å²) >= 11 is 0. The van der Waals surface area contributed by atoms with Crippen molar-refractivity contribution in [2.75, 3.05) is 5.32 Å². The van der Waals surface area contributed by atoms with Crippen LogP contribution >= 0.6 is 0 Å². The molecule has 6 nitrogen and oxygen atoms in total. The lowest BCUT2D eigenvalue weighted by molar-refractivity contribution is 0.913. The van der Waals surface area contributed by atoms with Crippen molar-refractivity contribution in [1.29, 1.82) is 0 Å². The van der Waals surface area contributed by atoms with Crippen LogP contribution in [0.3, 0.4) is 0 Å². The first kappa shape index (κ1) is 11.6. The summed E-state index contributed by atoms with van der Waals surface area (Å²) in [6.07, 6.45) is 5.33. The first-order valence-electron chi connectivity index (χ1n) is 6.06. The normalized spacial score (nSPS) is 10.8. The molecule has 0 unspecified atom stereocenters. The number of nitrogens with zero attached hydrogens (tertiary/aromatic N) is 5. The molecular weight excluding hydrogens is 240 g/mol. The summed E-state index contributed by atoms with van der Waals surface area (Å²) in [6.45, 7) is 4.45. The standard InChI is InChI=1S/C13H14N6/c1-9-7-12-13(15-5-6-19(12)18-9)16-8-11-3-4-14-10(2)17-11/h3-7H,8H2,1-2H3,(H,15,16). The summed E-state index contributed by atoms with van der Waals surface area (Å²) in [5.74, 6) is 1.57. The zero-order chi connectivity index (χ0) is 13.2. The number of hydrogen-bond acceptors (Lipinski definition) is 5. The Morgan fingerprint density at radius 1 is 1.21 bits per heavy atom. The van der Waals surface area contributed by atoms with E-state index in [4.69, 9.17) is 0 Å². The van der Waals surface area contributed by atoms with Crippen LogP contribution in [-0.4, -0.2) is 24.6 Å². The zero-order valence-corrected chi connectivity index (χ0v) is 10.8. The number of nitrogens with one attached hydrogen (secondary N) is 1. The van der Waals surface area contributed by atoms with Gasteiger partial charge in [0.05, 0.1) is 17.9 Å². The lowest BCUT2D eigenvalue weighted by atomic mass is 10.3. The molecule has 0 spiro atoms. The van der Waals surface area contributed by atoms with Gasteiger partial charge >= 0.3 is 0 Å². The first-order valence-corrected chi connectivity index (χ1v) is 6.06. The summed E-state index contributed by atoms with van der Waals surface area (Å²) in [5.41, 5.74) is 2.87. The van der Waals surface area contributed by atoms with Crippen LogP contribution < -0.4 is 5.32 Å². The summed E-state index contributed by atoms with van der Waals surface area (Å²) in [4.78, 5) is 12.8. The predicted molar refractivity (Wildman–Crippen MR) is 71.8 cm³/mol. The van der Waals surface area contributed by atoms with Crippen LogP contribution in [0.15, 0.2) is 30.7 Å². The molecule has 3 rings (SSSR count). The Hall–Kier alpha value is -2.50. The molecule has 0 radical (unpaired) electrons. The highest BCUT2D eigenvalue weighted by molar-refractivity contribution is 5.67. The van der Waals surface area contributed by atoms with Crippen LogP contribution in [0.2, 0.25) is 0 Å². The summed E-state index contributed by atoms with van der Waals surface area (Å²) in [5, 5.41) is 7.64. The van der Waals surface area contributed by atoms with Gasteiger partial charge in [-0.1, -0.05) is 0 Å². The molecule has 0 aromatic carbocycles. The Labute approximate surface area is 110 Å². The van der Waals surface area contributed by atoms with Crippen LogP contribution in [0.1, 0.15) is 17.2 Å². The van der Waals surface area contributed by atoms with Gasteiger partial charge in [-0.05, 0) is 26.0 Å². The molecule has 0 aliphatic heterocycles. The fraction of sp³-hybridized carbons (Fsp3) is 0.231. The fourth-order valence-corrected chi connectivity index (χ4v) is 1.96. The highest BCUT2D eigenvalue weighted by Crippen LogP contribution is 2.15. The topological polar surface area (TPSA) is 68.0 Å². The Bertz CT molecular complexity index is 718. The molecule has 3 aromatic heterocycles. The Kier molecular flexibility index (Phi) is 2.83. The van der Waals surface area contributed by atoms with Crippen LogP contribution in [0.4, 0.5) is 5.82 Å². The number of anilines is 1. The van der Waals surface area contributed by atoms with Crippen LogP contribution in [0, 0.1) is 13.8 Å². The van der Waals surface area contributed by atoms with Gasteiger partial charge in [-0.3, -0.25) is 0 Å². The van der Waals surface area contributed by atoms with Crippen molar-refractivity contribution < 1.29 is 0 Å². The maximum atomic E-state index is 4.35. The second-order valence-corrected chi connectivity index (χ2v) is 4.34. The van der Waals surface area contributed by atoms with Gasteiger partial charge in [-0.25, -0.2) is 19.5 Å². The number of rotatable bonds is 3. The van der Waals surface area contributed by atoms with Gasteiger partial charge in [0.15, 0.2) is 5.82 Å². The van der Waals surface area contributed by atoms with E-state index in [1.54, 1.807) is 12.4 Å². The number of aromatic nitrogens is 5. The van der Waals surface area contributed by atoms with E-state index >= 15 is 0 Å². The second-order valence-electron chi connectivity index (χ2n) is 4.34. The van der Waals surface area contributed by atoms with Crippen molar-refractivity contribution in [1.82, 2.24) is 24.6 Å².